The number of aryl methyl sites for hydroxylation is 1. The number of hydrogen-bond donors (Lipinski definition) is 1. The molecule has 0 spiro atoms. The predicted molar refractivity (Wildman–Crippen MR) is 107 cm³/mol. The highest BCUT2D eigenvalue weighted by Crippen LogP contribution is 2.32. The number of rotatable bonds is 7. The molecule has 0 saturated heterocycles. The molecule has 0 amide bonds. The molecule has 0 aliphatic carbocycles. The Morgan fingerprint density at radius 1 is 1.21 bits per heavy atom. The van der Waals surface area contributed by atoms with Crippen molar-refractivity contribution in [1.29, 1.82) is 0 Å². The number of nitrogens with zero attached hydrogens (tertiary/aromatic N) is 2. The summed E-state index contributed by atoms with van der Waals surface area (Å²) in [7, 11) is -4.00. The van der Waals surface area contributed by atoms with Crippen molar-refractivity contribution in [2.45, 2.75) is 18.7 Å². The molecule has 1 aromatic heterocycles. The SMILES string of the molecule is CCOc1ccc(-c2nc(NS(=O)(=O)c3cccc([N+](=O)[O-])c3)sc2C)cc1. The van der Waals surface area contributed by atoms with Crippen molar-refractivity contribution < 1.29 is 18.1 Å². The summed E-state index contributed by atoms with van der Waals surface area (Å²) in [6.45, 7) is 4.31. The highest BCUT2D eigenvalue weighted by atomic mass is 32.2. The molecule has 0 fully saturated rings. The van der Waals surface area contributed by atoms with Gasteiger partial charge >= 0.3 is 0 Å². The third kappa shape index (κ3) is 4.29. The van der Waals surface area contributed by atoms with E-state index >= 15 is 0 Å². The van der Waals surface area contributed by atoms with E-state index in [-0.39, 0.29) is 15.7 Å². The molecular weight excluding hydrogens is 402 g/mol. The van der Waals surface area contributed by atoms with Crippen molar-refractivity contribution in [3.05, 3.63) is 63.5 Å². The topological polar surface area (TPSA) is 111 Å². The average molecular weight is 419 g/mol. The molecule has 10 heteroatoms. The molecule has 0 aliphatic heterocycles. The number of non-ortho nitro benzene ring substituents is 1. The maximum atomic E-state index is 12.6. The van der Waals surface area contributed by atoms with Crippen molar-refractivity contribution in [1.82, 2.24) is 4.98 Å². The van der Waals surface area contributed by atoms with E-state index in [2.05, 4.69) is 9.71 Å². The van der Waals surface area contributed by atoms with Crippen LogP contribution in [-0.4, -0.2) is 24.9 Å². The Kier molecular flexibility index (Phi) is 5.61. The molecule has 2 aromatic carbocycles. The van der Waals surface area contributed by atoms with Crippen LogP contribution < -0.4 is 9.46 Å². The number of ether oxygens (including phenoxy) is 1. The predicted octanol–water partition coefficient (Wildman–Crippen LogP) is 4.23. The van der Waals surface area contributed by atoms with Gasteiger partial charge in [-0.1, -0.05) is 6.07 Å². The van der Waals surface area contributed by atoms with Gasteiger partial charge < -0.3 is 4.74 Å². The van der Waals surface area contributed by atoms with Crippen LogP contribution >= 0.6 is 11.3 Å². The van der Waals surface area contributed by atoms with Crippen LogP contribution in [0.4, 0.5) is 10.8 Å². The van der Waals surface area contributed by atoms with Gasteiger partial charge in [-0.2, -0.15) is 0 Å². The fourth-order valence-electron chi connectivity index (χ4n) is 2.52. The van der Waals surface area contributed by atoms with E-state index in [1.807, 2.05) is 38.1 Å². The van der Waals surface area contributed by atoms with Crippen LogP contribution in [0.2, 0.25) is 0 Å². The first kappa shape index (κ1) is 19.8. The normalized spacial score (nSPS) is 11.2. The average Bonchev–Trinajstić information content (AvgIpc) is 3.02. The van der Waals surface area contributed by atoms with Crippen molar-refractivity contribution in [2.75, 3.05) is 11.3 Å². The molecule has 3 aromatic rings. The van der Waals surface area contributed by atoms with Gasteiger partial charge in [-0.3, -0.25) is 14.8 Å². The van der Waals surface area contributed by atoms with Gasteiger partial charge in [-0.25, -0.2) is 13.4 Å². The number of nitro groups is 1. The maximum absolute atomic E-state index is 12.6. The van der Waals surface area contributed by atoms with Crippen molar-refractivity contribution in [2.24, 2.45) is 0 Å². The summed E-state index contributed by atoms with van der Waals surface area (Å²) in [5.74, 6) is 0.741. The Morgan fingerprint density at radius 2 is 1.93 bits per heavy atom. The van der Waals surface area contributed by atoms with Crippen molar-refractivity contribution >= 4 is 32.2 Å². The van der Waals surface area contributed by atoms with Gasteiger partial charge in [0.1, 0.15) is 5.75 Å². The van der Waals surface area contributed by atoms with Gasteiger partial charge in [0.2, 0.25) is 0 Å². The zero-order valence-corrected chi connectivity index (χ0v) is 16.7. The number of nitro benzene ring substituents is 1. The highest BCUT2D eigenvalue weighted by Gasteiger charge is 2.20. The summed E-state index contributed by atoms with van der Waals surface area (Å²) < 4.78 is 32.9. The van der Waals surface area contributed by atoms with Gasteiger partial charge in [0.25, 0.3) is 15.7 Å². The van der Waals surface area contributed by atoms with E-state index in [4.69, 9.17) is 4.74 Å². The summed E-state index contributed by atoms with van der Waals surface area (Å²) in [5.41, 5.74) is 1.19. The van der Waals surface area contributed by atoms with Gasteiger partial charge in [0, 0.05) is 22.6 Å². The fraction of sp³-hybridized carbons (Fsp3) is 0.167. The number of thiazole rings is 1. The van der Waals surface area contributed by atoms with Crippen LogP contribution in [0.15, 0.2) is 53.4 Å². The van der Waals surface area contributed by atoms with E-state index < -0.39 is 14.9 Å². The number of hydrogen-bond acceptors (Lipinski definition) is 7. The monoisotopic (exact) mass is 419 g/mol. The summed E-state index contributed by atoms with van der Waals surface area (Å²) in [6.07, 6.45) is 0. The minimum absolute atomic E-state index is 0.188. The summed E-state index contributed by atoms with van der Waals surface area (Å²) >= 11 is 1.19. The Morgan fingerprint density at radius 3 is 2.57 bits per heavy atom. The molecule has 0 saturated carbocycles. The zero-order chi connectivity index (χ0) is 20.3. The standard InChI is InChI=1S/C18H17N3O5S2/c1-3-26-15-9-7-13(8-10-15)17-12(2)27-18(19-17)20-28(24,25)16-6-4-5-14(11-16)21(22)23/h4-11H,3H2,1-2H3,(H,19,20). The number of anilines is 1. The van der Waals surface area contributed by atoms with Gasteiger partial charge in [-0.05, 0) is 44.2 Å². The first-order valence-electron chi connectivity index (χ1n) is 8.28. The molecule has 3 rings (SSSR count). The van der Waals surface area contributed by atoms with Crippen LogP contribution in [0.5, 0.6) is 5.75 Å². The van der Waals surface area contributed by atoms with Gasteiger partial charge in [0.15, 0.2) is 5.13 Å². The maximum Gasteiger partial charge on any atom is 0.270 e. The summed E-state index contributed by atoms with van der Waals surface area (Å²) in [6, 6.07) is 12.2. The largest absolute Gasteiger partial charge is 0.494 e. The molecule has 1 heterocycles. The lowest BCUT2D eigenvalue weighted by molar-refractivity contribution is -0.385. The second-order valence-corrected chi connectivity index (χ2v) is 8.63. The molecule has 28 heavy (non-hydrogen) atoms. The van der Waals surface area contributed by atoms with Crippen LogP contribution in [0, 0.1) is 17.0 Å². The number of nitrogens with one attached hydrogen (secondary N) is 1. The fourth-order valence-corrected chi connectivity index (χ4v) is 4.63. The van der Waals surface area contributed by atoms with E-state index in [0.717, 1.165) is 22.3 Å². The highest BCUT2D eigenvalue weighted by molar-refractivity contribution is 7.93. The third-order valence-electron chi connectivity index (χ3n) is 3.80. The Balaban J connectivity index is 1.86. The molecule has 146 valence electrons. The lowest BCUT2D eigenvalue weighted by Gasteiger charge is -2.05. The number of benzene rings is 2. The van der Waals surface area contributed by atoms with Crippen molar-refractivity contribution in [3.8, 4) is 17.0 Å². The van der Waals surface area contributed by atoms with Crippen LogP contribution in [0.3, 0.4) is 0 Å². The van der Waals surface area contributed by atoms with Gasteiger partial charge in [0.05, 0.1) is 22.1 Å². The Bertz CT molecular complexity index is 1110. The van der Waals surface area contributed by atoms with Crippen LogP contribution in [0.1, 0.15) is 11.8 Å². The second-order valence-electron chi connectivity index (χ2n) is 5.74. The first-order valence-corrected chi connectivity index (χ1v) is 10.6. The zero-order valence-electron chi connectivity index (χ0n) is 15.1. The minimum Gasteiger partial charge on any atom is -0.494 e. The van der Waals surface area contributed by atoms with E-state index in [1.165, 1.54) is 29.5 Å². The molecule has 0 unspecified atom stereocenters. The smallest absolute Gasteiger partial charge is 0.270 e. The minimum atomic E-state index is -4.00. The first-order chi connectivity index (χ1) is 13.3. The quantitative estimate of drug-likeness (QED) is 0.453. The summed E-state index contributed by atoms with van der Waals surface area (Å²) in [5, 5.41) is 11.1. The van der Waals surface area contributed by atoms with Crippen LogP contribution in [-0.2, 0) is 10.0 Å². The summed E-state index contributed by atoms with van der Waals surface area (Å²) in [4.78, 5) is 15.3. The second kappa shape index (κ2) is 7.95. The molecule has 0 radical (unpaired) electrons. The van der Waals surface area contributed by atoms with Crippen LogP contribution in [0.25, 0.3) is 11.3 Å². The number of aromatic nitrogens is 1. The van der Waals surface area contributed by atoms with E-state index in [1.54, 1.807) is 0 Å². The van der Waals surface area contributed by atoms with E-state index in [9.17, 15) is 18.5 Å². The molecule has 0 atom stereocenters. The Hall–Kier alpha value is -2.98. The van der Waals surface area contributed by atoms with E-state index in [0.29, 0.717) is 12.3 Å². The number of sulfonamides is 1. The third-order valence-corrected chi connectivity index (χ3v) is 6.15. The van der Waals surface area contributed by atoms with Crippen molar-refractivity contribution in [3.63, 3.8) is 0 Å². The molecule has 0 aliphatic rings. The lowest BCUT2D eigenvalue weighted by Crippen LogP contribution is -2.13. The molecule has 0 bridgehead atoms. The molecule has 1 N–H and O–H groups in total. The Labute approximate surface area is 166 Å². The van der Waals surface area contributed by atoms with Gasteiger partial charge in [-0.15, -0.1) is 11.3 Å². The molecular formula is C18H17N3O5S2. The lowest BCUT2D eigenvalue weighted by atomic mass is 10.1. The molecule has 8 nitrogen and oxygen atoms in total.